The normalized spacial score (nSPS) is 13.1. The number of methoxy groups -OCH3 is 1. The quantitative estimate of drug-likeness (QED) is 0.769. The van der Waals surface area contributed by atoms with Gasteiger partial charge in [0, 0.05) is 25.5 Å². The fourth-order valence-electron chi connectivity index (χ4n) is 1.88. The summed E-state index contributed by atoms with van der Waals surface area (Å²) in [7, 11) is 1.73. The highest BCUT2D eigenvalue weighted by Crippen LogP contribution is 2.16. The van der Waals surface area contributed by atoms with Crippen molar-refractivity contribution in [3.8, 4) is 0 Å². The standard InChI is InChI=1S/C12H16ClN3O/c1-3-9(8-17-2)6-10-7-11(13)16-12(15-10)4-5-14-16/h4-5,7,9H,3,6,8H2,1-2H3. The molecule has 1 unspecified atom stereocenters. The van der Waals surface area contributed by atoms with E-state index in [4.69, 9.17) is 16.3 Å². The van der Waals surface area contributed by atoms with Crippen LogP contribution in [0.15, 0.2) is 18.3 Å². The summed E-state index contributed by atoms with van der Waals surface area (Å²) in [4.78, 5) is 4.53. The molecule has 5 heteroatoms. The Morgan fingerprint density at radius 3 is 3.06 bits per heavy atom. The van der Waals surface area contributed by atoms with Gasteiger partial charge in [0.1, 0.15) is 5.15 Å². The van der Waals surface area contributed by atoms with Crippen molar-refractivity contribution in [2.45, 2.75) is 19.8 Å². The number of hydrogen-bond donors (Lipinski definition) is 0. The average Bonchev–Trinajstić information content (AvgIpc) is 2.77. The minimum absolute atomic E-state index is 0.480. The molecule has 0 bridgehead atoms. The summed E-state index contributed by atoms with van der Waals surface area (Å²) >= 11 is 6.14. The minimum Gasteiger partial charge on any atom is -0.384 e. The molecule has 0 saturated carbocycles. The lowest BCUT2D eigenvalue weighted by Gasteiger charge is -2.13. The Bertz CT molecular complexity index is 497. The largest absolute Gasteiger partial charge is 0.384 e. The first-order valence-electron chi connectivity index (χ1n) is 5.72. The first kappa shape index (κ1) is 12.3. The van der Waals surface area contributed by atoms with Crippen molar-refractivity contribution >= 4 is 17.2 Å². The van der Waals surface area contributed by atoms with Gasteiger partial charge in [-0.2, -0.15) is 5.10 Å². The molecule has 0 aliphatic carbocycles. The summed E-state index contributed by atoms with van der Waals surface area (Å²) in [6, 6.07) is 3.73. The van der Waals surface area contributed by atoms with E-state index >= 15 is 0 Å². The van der Waals surface area contributed by atoms with Gasteiger partial charge in [-0.15, -0.1) is 0 Å². The maximum Gasteiger partial charge on any atom is 0.156 e. The Kier molecular flexibility index (Phi) is 3.97. The summed E-state index contributed by atoms with van der Waals surface area (Å²) in [5, 5.41) is 4.69. The molecule has 2 aromatic heterocycles. The van der Waals surface area contributed by atoms with Crippen LogP contribution in [-0.4, -0.2) is 28.3 Å². The van der Waals surface area contributed by atoms with Gasteiger partial charge in [0.2, 0.25) is 0 Å². The molecule has 0 aliphatic rings. The first-order valence-corrected chi connectivity index (χ1v) is 6.10. The Morgan fingerprint density at radius 1 is 1.53 bits per heavy atom. The van der Waals surface area contributed by atoms with Gasteiger partial charge in [-0.3, -0.25) is 0 Å². The van der Waals surface area contributed by atoms with Crippen LogP contribution in [0.2, 0.25) is 5.15 Å². The molecule has 0 N–H and O–H groups in total. The summed E-state index contributed by atoms with van der Waals surface area (Å²) < 4.78 is 6.82. The number of nitrogens with zero attached hydrogens (tertiary/aromatic N) is 3. The van der Waals surface area contributed by atoms with Crippen molar-refractivity contribution in [1.82, 2.24) is 14.6 Å². The molecule has 0 aliphatic heterocycles. The molecular formula is C12H16ClN3O. The molecule has 2 aromatic rings. The second kappa shape index (κ2) is 5.47. The Balaban J connectivity index is 2.23. The molecule has 0 amide bonds. The number of ether oxygens (including phenoxy) is 1. The van der Waals surface area contributed by atoms with Crippen LogP contribution in [0, 0.1) is 5.92 Å². The molecule has 1 atom stereocenters. The highest BCUT2D eigenvalue weighted by atomic mass is 35.5. The Hall–Kier alpha value is -1.13. The fraction of sp³-hybridized carbons (Fsp3) is 0.500. The van der Waals surface area contributed by atoms with Crippen LogP contribution in [0.1, 0.15) is 19.0 Å². The zero-order chi connectivity index (χ0) is 12.3. The van der Waals surface area contributed by atoms with Crippen LogP contribution in [0.3, 0.4) is 0 Å². The van der Waals surface area contributed by atoms with Crippen molar-refractivity contribution in [1.29, 1.82) is 0 Å². The summed E-state index contributed by atoms with van der Waals surface area (Å²) in [5.74, 6) is 0.480. The van der Waals surface area contributed by atoms with Crippen LogP contribution < -0.4 is 0 Å². The number of halogens is 1. The average molecular weight is 254 g/mol. The molecule has 17 heavy (non-hydrogen) atoms. The van der Waals surface area contributed by atoms with E-state index in [0.717, 1.165) is 30.8 Å². The van der Waals surface area contributed by atoms with Gasteiger partial charge in [-0.25, -0.2) is 9.50 Å². The van der Waals surface area contributed by atoms with Gasteiger partial charge in [0.25, 0.3) is 0 Å². The van der Waals surface area contributed by atoms with E-state index in [2.05, 4.69) is 17.0 Å². The SMILES string of the molecule is CCC(COC)Cc1cc(Cl)n2nccc2n1. The highest BCUT2D eigenvalue weighted by molar-refractivity contribution is 6.29. The zero-order valence-corrected chi connectivity index (χ0v) is 10.8. The lowest BCUT2D eigenvalue weighted by atomic mass is 10.0. The Morgan fingerprint density at radius 2 is 2.35 bits per heavy atom. The third-order valence-corrected chi connectivity index (χ3v) is 3.12. The molecule has 2 heterocycles. The molecule has 0 radical (unpaired) electrons. The van der Waals surface area contributed by atoms with Crippen molar-refractivity contribution in [3.63, 3.8) is 0 Å². The maximum absolute atomic E-state index is 6.14. The molecule has 0 aromatic carbocycles. The van der Waals surface area contributed by atoms with E-state index in [9.17, 15) is 0 Å². The molecule has 4 nitrogen and oxygen atoms in total. The van der Waals surface area contributed by atoms with Crippen LogP contribution in [-0.2, 0) is 11.2 Å². The number of hydrogen-bond acceptors (Lipinski definition) is 3. The summed E-state index contributed by atoms with van der Waals surface area (Å²) in [6.07, 6.45) is 3.65. The lowest BCUT2D eigenvalue weighted by molar-refractivity contribution is 0.149. The molecule has 0 spiro atoms. The summed E-state index contributed by atoms with van der Waals surface area (Å²) in [6.45, 7) is 2.91. The van der Waals surface area contributed by atoms with Gasteiger partial charge in [0.15, 0.2) is 5.65 Å². The van der Waals surface area contributed by atoms with Gasteiger partial charge < -0.3 is 4.74 Å². The van der Waals surface area contributed by atoms with Crippen molar-refractivity contribution in [3.05, 3.63) is 29.2 Å². The molecule has 0 fully saturated rings. The van der Waals surface area contributed by atoms with Gasteiger partial charge in [-0.1, -0.05) is 24.9 Å². The van der Waals surface area contributed by atoms with Crippen LogP contribution >= 0.6 is 11.6 Å². The third kappa shape index (κ3) is 2.76. The smallest absolute Gasteiger partial charge is 0.156 e. The second-order valence-electron chi connectivity index (χ2n) is 4.11. The van der Waals surface area contributed by atoms with Crippen molar-refractivity contribution < 1.29 is 4.74 Å². The van der Waals surface area contributed by atoms with Crippen molar-refractivity contribution in [2.75, 3.05) is 13.7 Å². The summed E-state index contributed by atoms with van der Waals surface area (Å²) in [5.41, 5.74) is 1.78. The first-order chi connectivity index (χ1) is 8.24. The van der Waals surface area contributed by atoms with E-state index in [-0.39, 0.29) is 0 Å². The monoisotopic (exact) mass is 253 g/mol. The Labute approximate surface area is 106 Å². The van der Waals surface area contributed by atoms with Gasteiger partial charge in [-0.05, 0) is 18.4 Å². The number of fused-ring (bicyclic) bond motifs is 1. The van der Waals surface area contributed by atoms with Crippen LogP contribution in [0.4, 0.5) is 0 Å². The van der Waals surface area contributed by atoms with Crippen LogP contribution in [0.25, 0.3) is 5.65 Å². The van der Waals surface area contributed by atoms with Crippen molar-refractivity contribution in [2.24, 2.45) is 5.92 Å². The van der Waals surface area contributed by atoms with E-state index in [1.54, 1.807) is 17.8 Å². The highest BCUT2D eigenvalue weighted by Gasteiger charge is 2.10. The van der Waals surface area contributed by atoms with Crippen LogP contribution in [0.5, 0.6) is 0 Å². The topological polar surface area (TPSA) is 39.4 Å². The molecule has 92 valence electrons. The minimum atomic E-state index is 0.480. The van der Waals surface area contributed by atoms with E-state index in [1.807, 2.05) is 12.1 Å². The maximum atomic E-state index is 6.14. The number of aromatic nitrogens is 3. The lowest BCUT2D eigenvalue weighted by Crippen LogP contribution is -2.11. The fourth-order valence-corrected chi connectivity index (χ4v) is 2.14. The predicted molar refractivity (Wildman–Crippen MR) is 67.4 cm³/mol. The number of rotatable bonds is 5. The molecule has 2 rings (SSSR count). The van der Waals surface area contributed by atoms with E-state index in [0.29, 0.717) is 11.1 Å². The van der Waals surface area contributed by atoms with E-state index < -0.39 is 0 Å². The molecular weight excluding hydrogens is 238 g/mol. The molecule has 0 saturated heterocycles. The third-order valence-electron chi connectivity index (χ3n) is 2.85. The second-order valence-corrected chi connectivity index (χ2v) is 4.49. The zero-order valence-electron chi connectivity index (χ0n) is 10.1. The van der Waals surface area contributed by atoms with Gasteiger partial charge >= 0.3 is 0 Å². The van der Waals surface area contributed by atoms with Gasteiger partial charge in [0.05, 0.1) is 6.20 Å². The predicted octanol–water partition coefficient (Wildman–Crippen LogP) is 2.60. The van der Waals surface area contributed by atoms with E-state index in [1.165, 1.54) is 0 Å².